The molecule has 0 fully saturated rings. The molecule has 3 heteroatoms. The van der Waals surface area contributed by atoms with Gasteiger partial charge in [0.1, 0.15) is 5.75 Å². The number of aryl methyl sites for hydroxylation is 1. The highest BCUT2D eigenvalue weighted by Crippen LogP contribution is 2.23. The van der Waals surface area contributed by atoms with Crippen LogP contribution in [0.2, 0.25) is 0 Å². The molecule has 0 saturated heterocycles. The summed E-state index contributed by atoms with van der Waals surface area (Å²) in [5.74, 6) is 0.800. The molecule has 102 valence electrons. The van der Waals surface area contributed by atoms with Crippen molar-refractivity contribution in [3.63, 3.8) is 0 Å². The molecule has 0 amide bonds. The lowest BCUT2D eigenvalue weighted by Gasteiger charge is -2.11. The van der Waals surface area contributed by atoms with Gasteiger partial charge in [-0.15, -0.1) is 0 Å². The van der Waals surface area contributed by atoms with E-state index >= 15 is 0 Å². The molecule has 0 aliphatic rings. The van der Waals surface area contributed by atoms with Crippen molar-refractivity contribution in [2.75, 3.05) is 12.8 Å². The van der Waals surface area contributed by atoms with Crippen LogP contribution >= 0.6 is 0 Å². The average Bonchev–Trinajstić information content (AvgIpc) is 2.75. The maximum atomic E-state index is 5.93. The Balaban J connectivity index is 2.05. The Bertz CT molecular complexity index is 759. The van der Waals surface area contributed by atoms with E-state index in [-0.39, 0.29) is 0 Å². The first kappa shape index (κ1) is 12.6. The molecule has 2 aromatic carbocycles. The number of ether oxygens (including phenoxy) is 1. The SMILES string of the molecule is COc1cc(N)cc(Cn2c(C)cc3ccccc32)c1. The number of benzene rings is 2. The summed E-state index contributed by atoms with van der Waals surface area (Å²) >= 11 is 0. The van der Waals surface area contributed by atoms with Gasteiger partial charge in [-0.3, -0.25) is 0 Å². The molecule has 0 aliphatic heterocycles. The summed E-state index contributed by atoms with van der Waals surface area (Å²) in [4.78, 5) is 0. The first-order chi connectivity index (χ1) is 9.67. The van der Waals surface area contributed by atoms with E-state index < -0.39 is 0 Å². The van der Waals surface area contributed by atoms with Crippen molar-refractivity contribution in [3.8, 4) is 5.75 Å². The number of fused-ring (bicyclic) bond motifs is 1. The van der Waals surface area contributed by atoms with Gasteiger partial charge in [0.25, 0.3) is 0 Å². The van der Waals surface area contributed by atoms with E-state index in [1.54, 1.807) is 7.11 Å². The van der Waals surface area contributed by atoms with Gasteiger partial charge in [0, 0.05) is 29.5 Å². The summed E-state index contributed by atoms with van der Waals surface area (Å²) in [5.41, 5.74) is 10.3. The fraction of sp³-hybridized carbons (Fsp3) is 0.176. The van der Waals surface area contributed by atoms with Crippen LogP contribution in [0.3, 0.4) is 0 Å². The first-order valence-corrected chi connectivity index (χ1v) is 6.65. The van der Waals surface area contributed by atoms with Crippen LogP contribution in [0.25, 0.3) is 10.9 Å². The Morgan fingerprint density at radius 2 is 1.90 bits per heavy atom. The van der Waals surface area contributed by atoms with Gasteiger partial charge in [-0.05, 0) is 42.1 Å². The molecule has 0 bridgehead atoms. The highest BCUT2D eigenvalue weighted by Gasteiger charge is 2.07. The number of nitrogen functional groups attached to an aromatic ring is 1. The predicted molar refractivity (Wildman–Crippen MR) is 83.2 cm³/mol. The van der Waals surface area contributed by atoms with Crippen LogP contribution in [0.4, 0.5) is 5.69 Å². The van der Waals surface area contributed by atoms with Gasteiger partial charge in [0.05, 0.1) is 7.11 Å². The van der Waals surface area contributed by atoms with Crippen molar-refractivity contribution in [2.45, 2.75) is 13.5 Å². The van der Waals surface area contributed by atoms with Gasteiger partial charge >= 0.3 is 0 Å². The second-order valence-electron chi connectivity index (χ2n) is 5.05. The van der Waals surface area contributed by atoms with Crippen molar-refractivity contribution >= 4 is 16.6 Å². The minimum Gasteiger partial charge on any atom is -0.497 e. The maximum Gasteiger partial charge on any atom is 0.121 e. The molecule has 0 spiro atoms. The fourth-order valence-corrected chi connectivity index (χ4v) is 2.64. The van der Waals surface area contributed by atoms with Gasteiger partial charge in [0.15, 0.2) is 0 Å². The minimum absolute atomic E-state index is 0.730. The molecule has 0 unspecified atom stereocenters. The number of rotatable bonds is 3. The maximum absolute atomic E-state index is 5.93. The van der Waals surface area contributed by atoms with E-state index in [1.165, 1.54) is 16.6 Å². The van der Waals surface area contributed by atoms with Crippen LogP contribution in [0.1, 0.15) is 11.3 Å². The molecule has 3 aromatic rings. The minimum atomic E-state index is 0.730. The monoisotopic (exact) mass is 266 g/mol. The van der Waals surface area contributed by atoms with Crippen LogP contribution in [0, 0.1) is 6.92 Å². The van der Waals surface area contributed by atoms with E-state index in [2.05, 4.69) is 41.8 Å². The predicted octanol–water partition coefficient (Wildman–Crippen LogP) is 3.59. The average molecular weight is 266 g/mol. The molecule has 0 aliphatic carbocycles. The molecule has 3 rings (SSSR count). The summed E-state index contributed by atoms with van der Waals surface area (Å²) in [7, 11) is 1.66. The van der Waals surface area contributed by atoms with Crippen molar-refractivity contribution < 1.29 is 4.74 Å². The first-order valence-electron chi connectivity index (χ1n) is 6.65. The Hall–Kier alpha value is -2.42. The Morgan fingerprint density at radius 3 is 2.70 bits per heavy atom. The number of methoxy groups -OCH3 is 1. The van der Waals surface area contributed by atoms with E-state index in [1.807, 2.05) is 18.2 Å². The summed E-state index contributed by atoms with van der Waals surface area (Å²) in [6.45, 7) is 2.92. The van der Waals surface area contributed by atoms with Crippen LogP contribution in [0.5, 0.6) is 5.75 Å². The van der Waals surface area contributed by atoms with Gasteiger partial charge in [-0.1, -0.05) is 18.2 Å². The normalized spacial score (nSPS) is 10.9. The van der Waals surface area contributed by atoms with E-state index in [4.69, 9.17) is 10.5 Å². The van der Waals surface area contributed by atoms with E-state index in [9.17, 15) is 0 Å². The molecule has 2 N–H and O–H groups in total. The number of nitrogens with zero attached hydrogens (tertiary/aromatic N) is 1. The third kappa shape index (κ3) is 2.23. The third-order valence-corrected chi connectivity index (χ3v) is 3.58. The standard InChI is InChI=1S/C17H18N2O/c1-12-7-14-5-3-4-6-17(14)19(12)11-13-8-15(18)10-16(9-13)20-2/h3-10H,11,18H2,1-2H3. The number of aromatic nitrogens is 1. The number of para-hydroxylation sites is 1. The molecule has 20 heavy (non-hydrogen) atoms. The summed E-state index contributed by atoms with van der Waals surface area (Å²) in [6.07, 6.45) is 0. The lowest BCUT2D eigenvalue weighted by atomic mass is 10.2. The fourth-order valence-electron chi connectivity index (χ4n) is 2.64. The topological polar surface area (TPSA) is 40.2 Å². The van der Waals surface area contributed by atoms with E-state index in [0.29, 0.717) is 0 Å². The second-order valence-corrected chi connectivity index (χ2v) is 5.05. The quantitative estimate of drug-likeness (QED) is 0.736. The van der Waals surface area contributed by atoms with Gasteiger partial charge in [0.2, 0.25) is 0 Å². The lowest BCUT2D eigenvalue weighted by Crippen LogP contribution is -2.02. The Morgan fingerprint density at radius 1 is 1.10 bits per heavy atom. The van der Waals surface area contributed by atoms with Crippen LogP contribution in [-0.2, 0) is 6.54 Å². The van der Waals surface area contributed by atoms with Crippen molar-refractivity contribution in [3.05, 3.63) is 59.8 Å². The third-order valence-electron chi connectivity index (χ3n) is 3.58. The van der Waals surface area contributed by atoms with Crippen LogP contribution < -0.4 is 10.5 Å². The molecule has 3 nitrogen and oxygen atoms in total. The van der Waals surface area contributed by atoms with E-state index in [0.717, 1.165) is 23.5 Å². The van der Waals surface area contributed by atoms with Gasteiger partial charge in [-0.25, -0.2) is 0 Å². The molecule has 0 atom stereocenters. The second kappa shape index (κ2) is 4.93. The Kier molecular flexibility index (Phi) is 3.11. The van der Waals surface area contributed by atoms with Crippen molar-refractivity contribution in [2.24, 2.45) is 0 Å². The number of hydrogen-bond donors (Lipinski definition) is 1. The highest BCUT2D eigenvalue weighted by atomic mass is 16.5. The van der Waals surface area contributed by atoms with Crippen molar-refractivity contribution in [1.82, 2.24) is 4.57 Å². The number of anilines is 1. The zero-order valence-corrected chi connectivity index (χ0v) is 11.8. The lowest BCUT2D eigenvalue weighted by molar-refractivity contribution is 0.414. The summed E-state index contributed by atoms with van der Waals surface area (Å²) in [5, 5.41) is 1.26. The van der Waals surface area contributed by atoms with Crippen LogP contribution in [-0.4, -0.2) is 11.7 Å². The highest BCUT2D eigenvalue weighted by molar-refractivity contribution is 5.81. The van der Waals surface area contributed by atoms with Gasteiger partial charge in [-0.2, -0.15) is 0 Å². The number of nitrogens with two attached hydrogens (primary N) is 1. The largest absolute Gasteiger partial charge is 0.497 e. The summed E-state index contributed by atoms with van der Waals surface area (Å²) in [6, 6.07) is 16.5. The zero-order chi connectivity index (χ0) is 14.1. The van der Waals surface area contributed by atoms with Crippen molar-refractivity contribution in [1.29, 1.82) is 0 Å². The van der Waals surface area contributed by atoms with Crippen LogP contribution in [0.15, 0.2) is 48.5 Å². The summed E-state index contributed by atoms with van der Waals surface area (Å²) < 4.78 is 7.58. The smallest absolute Gasteiger partial charge is 0.121 e. The molecular weight excluding hydrogens is 248 g/mol. The molecule has 0 radical (unpaired) electrons. The molecule has 1 heterocycles. The molecule has 1 aromatic heterocycles. The zero-order valence-electron chi connectivity index (χ0n) is 11.8. The molecular formula is C17H18N2O. The van der Waals surface area contributed by atoms with Gasteiger partial charge < -0.3 is 15.0 Å². The number of hydrogen-bond acceptors (Lipinski definition) is 2. The Labute approximate surface area is 118 Å². The molecule has 0 saturated carbocycles.